The number of cyclic esters (lactones) is 1. The first-order chi connectivity index (χ1) is 34.9. The van der Waals surface area contributed by atoms with E-state index in [0.717, 1.165) is 101 Å². The molecule has 0 radical (unpaired) electrons. The molecule has 1 unspecified atom stereocenters. The standard InChI is InChI=1S/C57H71N9O5S/c1-7-64-48-19-15-35-25-42(48)44(53(64)43-26-38(29-58-50(43)34(3)70-6)63-23-21-62(22-24-63)37-16-17-37)28-57(4,5)32-71-56(69)45-13-10-20-66(61-45)55(68)46(27-49-59-47(35)31-72-49)60-54(67)51-33(2)39-11-8-9-12-41(39)52-40-18-14-36(40)30-65(51)52/h8-9,11-12,15,19,25-26,29,31,33-34,36-37,40,45-46,51-52,61H,7,10,13-14,16-18,20-24,27-28,30,32H2,1-6H3,(H,60,67)/t33?,34-,36-,40-,45-,46-,51-,52-/m0/s1. The summed E-state index contributed by atoms with van der Waals surface area (Å²) in [6, 6.07) is 16.5. The molecule has 3 aromatic heterocycles. The van der Waals surface area contributed by atoms with Crippen LogP contribution in [0.3, 0.4) is 0 Å². The maximum atomic E-state index is 15.0. The molecule has 2 N–H and O–H groups in total. The first-order valence-electron chi connectivity index (χ1n) is 26.9. The summed E-state index contributed by atoms with van der Waals surface area (Å²) < 4.78 is 14.7. The number of aromatic nitrogens is 3. The van der Waals surface area contributed by atoms with Gasteiger partial charge in [-0.1, -0.05) is 51.1 Å². The van der Waals surface area contributed by atoms with Crippen molar-refractivity contribution >= 4 is 45.7 Å². The van der Waals surface area contributed by atoms with E-state index >= 15 is 4.79 Å². The van der Waals surface area contributed by atoms with E-state index in [4.69, 9.17) is 19.4 Å². The highest BCUT2D eigenvalue weighted by molar-refractivity contribution is 7.10. The Balaban J connectivity index is 0.926. The predicted octanol–water partition coefficient (Wildman–Crippen LogP) is 8.06. The van der Waals surface area contributed by atoms with E-state index in [2.05, 4.69) is 119 Å². The lowest BCUT2D eigenvalue weighted by Crippen LogP contribution is -2.62. The Bertz CT molecular complexity index is 2900. The molecule has 12 rings (SSSR count). The van der Waals surface area contributed by atoms with Gasteiger partial charge in [-0.25, -0.2) is 10.4 Å². The number of anilines is 1. The van der Waals surface area contributed by atoms with Crippen LogP contribution in [0, 0.1) is 17.3 Å². The topological polar surface area (TPSA) is 137 Å². The number of carbonyl (C=O) groups is 3. The first kappa shape index (κ1) is 47.8. The highest BCUT2D eigenvalue weighted by atomic mass is 32.1. The van der Waals surface area contributed by atoms with Gasteiger partial charge in [-0.05, 0) is 106 Å². The quantitative estimate of drug-likeness (QED) is 0.146. The van der Waals surface area contributed by atoms with Crippen LogP contribution >= 0.6 is 11.3 Å². The number of fused-ring (bicyclic) bond motifs is 11. The molecule has 380 valence electrons. The lowest BCUT2D eigenvalue weighted by Gasteiger charge is -2.44. The predicted molar refractivity (Wildman–Crippen MR) is 280 cm³/mol. The van der Waals surface area contributed by atoms with Gasteiger partial charge >= 0.3 is 5.97 Å². The maximum Gasteiger partial charge on any atom is 0.324 e. The highest BCUT2D eigenvalue weighted by Gasteiger charge is 2.55. The Morgan fingerprint density at radius 1 is 1.01 bits per heavy atom. The number of piperazine rings is 1. The third kappa shape index (κ3) is 8.54. The van der Waals surface area contributed by atoms with Crippen molar-refractivity contribution < 1.29 is 23.9 Å². The van der Waals surface area contributed by atoms with E-state index in [-0.39, 0.29) is 48.9 Å². The number of methoxy groups -OCH3 is 1. The largest absolute Gasteiger partial charge is 0.464 e. The van der Waals surface area contributed by atoms with Gasteiger partial charge in [0.25, 0.3) is 5.91 Å². The molecule has 14 nitrogen and oxygen atoms in total. The van der Waals surface area contributed by atoms with E-state index in [9.17, 15) is 9.59 Å². The van der Waals surface area contributed by atoms with Crippen LogP contribution in [0.25, 0.3) is 33.4 Å². The molecule has 8 atom stereocenters. The van der Waals surface area contributed by atoms with E-state index in [1.807, 2.05) is 6.20 Å². The lowest BCUT2D eigenvalue weighted by atomic mass is 9.69. The van der Waals surface area contributed by atoms with Crippen molar-refractivity contribution in [2.75, 3.05) is 57.9 Å². The van der Waals surface area contributed by atoms with Crippen molar-refractivity contribution in [2.24, 2.45) is 17.3 Å². The van der Waals surface area contributed by atoms with Gasteiger partial charge < -0.3 is 24.3 Å². The lowest BCUT2D eigenvalue weighted by molar-refractivity contribution is -0.155. The second kappa shape index (κ2) is 18.9. The van der Waals surface area contributed by atoms with Gasteiger partial charge in [0.2, 0.25) is 5.91 Å². The second-order valence-corrected chi connectivity index (χ2v) is 23.7. The summed E-state index contributed by atoms with van der Waals surface area (Å²) in [6.07, 6.45) is 8.74. The highest BCUT2D eigenvalue weighted by Crippen LogP contribution is 2.57. The summed E-state index contributed by atoms with van der Waals surface area (Å²) in [4.78, 5) is 62.1. The van der Waals surface area contributed by atoms with Crippen LogP contribution in [-0.2, 0) is 43.2 Å². The van der Waals surface area contributed by atoms with Gasteiger partial charge in [-0.3, -0.25) is 34.2 Å². The number of amides is 2. The molecule has 2 aliphatic carbocycles. The molecule has 6 bridgehead atoms. The molecular weight excluding hydrogens is 923 g/mol. The molecule has 5 aliphatic heterocycles. The van der Waals surface area contributed by atoms with Crippen molar-refractivity contribution in [3.05, 3.63) is 87.5 Å². The third-order valence-electron chi connectivity index (χ3n) is 17.6. The van der Waals surface area contributed by atoms with E-state index in [0.29, 0.717) is 37.6 Å². The van der Waals surface area contributed by atoms with Crippen LogP contribution in [0.2, 0.25) is 0 Å². The van der Waals surface area contributed by atoms with Crippen molar-refractivity contribution in [1.82, 2.24) is 40.1 Å². The number of rotatable bonds is 8. The number of esters is 1. The fraction of sp³-hybridized carbons (Fsp3) is 0.561. The second-order valence-electron chi connectivity index (χ2n) is 22.7. The Morgan fingerprint density at radius 2 is 1.82 bits per heavy atom. The fourth-order valence-corrected chi connectivity index (χ4v) is 14.3. The summed E-state index contributed by atoms with van der Waals surface area (Å²) in [5, 5.41) is 8.82. The van der Waals surface area contributed by atoms with Crippen LogP contribution in [-0.4, -0.2) is 124 Å². The van der Waals surface area contributed by atoms with E-state index in [1.54, 1.807) is 12.1 Å². The van der Waals surface area contributed by atoms with Gasteiger partial charge in [0.1, 0.15) is 12.1 Å². The molecule has 0 spiro atoms. The number of aryl methyl sites for hydroxylation is 1. The molecule has 3 saturated heterocycles. The molecule has 72 heavy (non-hydrogen) atoms. The number of nitrogens with zero attached hydrogens (tertiary/aromatic N) is 7. The zero-order chi connectivity index (χ0) is 49.6. The number of nitrogens with one attached hydrogen (secondary N) is 2. The summed E-state index contributed by atoms with van der Waals surface area (Å²) in [7, 11) is 1.75. The van der Waals surface area contributed by atoms with E-state index < -0.39 is 23.5 Å². The minimum absolute atomic E-state index is 0.0573. The SMILES string of the molecule is CCn1c(-c2cc(N3CCN(C4CC4)CC3)cnc2[C@H](C)OC)c2c3cc(ccc31)-c1csc(n1)C[C@H](NC(=O)[C@@H]1C(C)c3ccccc3[C@@H]3[C@H]4CC[C@H]4CN13)C(=O)N1CCC[C@H](N1)C(=O)OCC(C)(C)C2. The monoisotopic (exact) mass is 994 g/mol. The zero-order valence-corrected chi connectivity index (χ0v) is 43.7. The zero-order valence-electron chi connectivity index (χ0n) is 42.9. The van der Waals surface area contributed by atoms with Crippen LogP contribution in [0.1, 0.15) is 119 Å². The van der Waals surface area contributed by atoms with Crippen molar-refractivity contribution in [3.63, 3.8) is 0 Å². The molecule has 8 heterocycles. The maximum absolute atomic E-state index is 15.0. The van der Waals surface area contributed by atoms with Gasteiger partial charge in [0.05, 0.1) is 52.7 Å². The number of hydrazine groups is 1. The number of hydrogen-bond donors (Lipinski definition) is 2. The van der Waals surface area contributed by atoms with Crippen molar-refractivity contribution in [2.45, 2.75) is 135 Å². The summed E-state index contributed by atoms with van der Waals surface area (Å²) in [5.41, 5.74) is 13.6. The third-order valence-corrected chi connectivity index (χ3v) is 18.4. The smallest absolute Gasteiger partial charge is 0.324 e. The molecule has 5 aromatic rings. The Morgan fingerprint density at radius 3 is 2.57 bits per heavy atom. The number of pyridine rings is 1. The fourth-order valence-electron chi connectivity index (χ4n) is 13.4. The van der Waals surface area contributed by atoms with Gasteiger partial charge in [0, 0.05) is 110 Å². The minimum Gasteiger partial charge on any atom is -0.464 e. The van der Waals surface area contributed by atoms with Gasteiger partial charge in [-0.15, -0.1) is 11.3 Å². The van der Waals surface area contributed by atoms with Crippen LogP contribution < -0.4 is 15.6 Å². The van der Waals surface area contributed by atoms with Gasteiger partial charge in [-0.2, -0.15) is 0 Å². The Hall–Kier alpha value is -5.19. The van der Waals surface area contributed by atoms with Crippen LogP contribution in [0.5, 0.6) is 0 Å². The molecule has 2 saturated carbocycles. The summed E-state index contributed by atoms with van der Waals surface area (Å²) in [6.45, 7) is 17.0. The normalized spacial score (nSPS) is 28.1. The average Bonchev–Trinajstić information content (AvgIpc) is 3.99. The molecule has 5 fully saturated rings. The van der Waals surface area contributed by atoms with Gasteiger partial charge in [0.15, 0.2) is 0 Å². The summed E-state index contributed by atoms with van der Waals surface area (Å²) >= 11 is 1.51. The number of benzene rings is 2. The Labute approximate surface area is 427 Å². The number of carbonyl (C=O) groups excluding carboxylic acids is 3. The van der Waals surface area contributed by atoms with Crippen LogP contribution in [0.4, 0.5) is 5.69 Å². The molecule has 2 aromatic carbocycles. The number of ether oxygens (including phenoxy) is 2. The molecular formula is C57H71N9O5S. The van der Waals surface area contributed by atoms with Crippen molar-refractivity contribution in [3.8, 4) is 22.5 Å². The van der Waals surface area contributed by atoms with Crippen molar-refractivity contribution in [1.29, 1.82) is 0 Å². The number of hydrogen-bond acceptors (Lipinski definition) is 12. The average molecular weight is 994 g/mol. The Kier molecular flexibility index (Phi) is 12.6. The molecule has 7 aliphatic rings. The first-order valence-corrected chi connectivity index (χ1v) is 27.8. The molecule has 2 amide bonds. The van der Waals surface area contributed by atoms with E-state index in [1.165, 1.54) is 48.1 Å². The molecule has 15 heteroatoms. The number of thiazole rings is 1. The summed E-state index contributed by atoms with van der Waals surface area (Å²) in [5.74, 6) is 0.278. The minimum atomic E-state index is -0.913. The van der Waals surface area contributed by atoms with Crippen LogP contribution in [0.15, 0.2) is 60.1 Å².